The van der Waals surface area contributed by atoms with Crippen LogP contribution in [0.2, 0.25) is 0 Å². The second kappa shape index (κ2) is 7.44. The van der Waals surface area contributed by atoms with Crippen molar-refractivity contribution in [1.29, 1.82) is 0 Å². The third-order valence-corrected chi connectivity index (χ3v) is 2.66. The van der Waals surface area contributed by atoms with E-state index in [1.165, 1.54) is 16.7 Å². The summed E-state index contributed by atoms with van der Waals surface area (Å²) in [6.07, 6.45) is -1.05. The van der Waals surface area contributed by atoms with Crippen molar-refractivity contribution in [2.75, 3.05) is 13.2 Å². The lowest BCUT2D eigenvalue weighted by molar-refractivity contribution is 0.0153. The molecule has 1 aromatic carbocycles. The van der Waals surface area contributed by atoms with Crippen molar-refractivity contribution in [2.45, 2.75) is 39.2 Å². The van der Waals surface area contributed by atoms with Gasteiger partial charge in [0.2, 0.25) is 0 Å². The zero-order valence-electron chi connectivity index (χ0n) is 11.0. The van der Waals surface area contributed by atoms with Gasteiger partial charge in [0.25, 0.3) is 6.43 Å². The fraction of sp³-hybridized carbons (Fsp3) is 0.571. The molecule has 2 nitrogen and oxygen atoms in total. The van der Waals surface area contributed by atoms with Crippen molar-refractivity contribution in [2.24, 2.45) is 5.73 Å². The van der Waals surface area contributed by atoms with Gasteiger partial charge >= 0.3 is 0 Å². The Balaban J connectivity index is 2.33. The van der Waals surface area contributed by atoms with E-state index in [0.717, 1.165) is 6.42 Å². The Morgan fingerprint density at radius 3 is 2.33 bits per heavy atom. The summed E-state index contributed by atoms with van der Waals surface area (Å²) >= 11 is 0. The van der Waals surface area contributed by atoms with E-state index in [2.05, 4.69) is 18.2 Å². The van der Waals surface area contributed by atoms with E-state index in [1.807, 2.05) is 13.8 Å². The summed E-state index contributed by atoms with van der Waals surface area (Å²) in [5.41, 5.74) is 9.57. The van der Waals surface area contributed by atoms with Gasteiger partial charge in [-0.3, -0.25) is 0 Å². The van der Waals surface area contributed by atoms with Crippen LogP contribution in [0, 0.1) is 13.8 Å². The first-order valence-electron chi connectivity index (χ1n) is 6.16. The van der Waals surface area contributed by atoms with Crippen LogP contribution in [0.1, 0.15) is 23.1 Å². The van der Waals surface area contributed by atoms with Gasteiger partial charge < -0.3 is 10.5 Å². The molecule has 18 heavy (non-hydrogen) atoms. The molecule has 0 saturated carbocycles. The molecular weight excluding hydrogens is 236 g/mol. The smallest absolute Gasteiger partial charge is 0.261 e. The fourth-order valence-electron chi connectivity index (χ4n) is 2.00. The van der Waals surface area contributed by atoms with E-state index in [4.69, 9.17) is 10.5 Å². The highest BCUT2D eigenvalue weighted by atomic mass is 19.3. The topological polar surface area (TPSA) is 35.2 Å². The van der Waals surface area contributed by atoms with E-state index < -0.39 is 13.0 Å². The molecule has 102 valence electrons. The Hall–Kier alpha value is -1.00. The molecule has 0 radical (unpaired) electrons. The van der Waals surface area contributed by atoms with Crippen LogP contribution in [0.5, 0.6) is 0 Å². The highest BCUT2D eigenvalue weighted by Gasteiger charge is 2.07. The maximum Gasteiger partial charge on any atom is 0.261 e. The van der Waals surface area contributed by atoms with Gasteiger partial charge in [-0.05, 0) is 32.3 Å². The predicted molar refractivity (Wildman–Crippen MR) is 69.0 cm³/mol. The normalized spacial score (nSPS) is 13.0. The van der Waals surface area contributed by atoms with Gasteiger partial charge in [-0.1, -0.05) is 29.3 Å². The van der Waals surface area contributed by atoms with Crippen LogP contribution in [0.3, 0.4) is 0 Å². The second-order valence-electron chi connectivity index (χ2n) is 4.71. The number of alkyl halides is 2. The van der Waals surface area contributed by atoms with Crippen molar-refractivity contribution < 1.29 is 13.5 Å². The quantitative estimate of drug-likeness (QED) is 0.762. The number of benzene rings is 1. The van der Waals surface area contributed by atoms with E-state index in [1.54, 1.807) is 0 Å². The average molecular weight is 257 g/mol. The molecule has 1 rings (SSSR count). The number of hydrogen-bond acceptors (Lipinski definition) is 2. The zero-order chi connectivity index (χ0) is 13.5. The van der Waals surface area contributed by atoms with Crippen LogP contribution >= 0.6 is 0 Å². The van der Waals surface area contributed by atoms with Gasteiger partial charge in [-0.2, -0.15) is 0 Å². The van der Waals surface area contributed by atoms with Gasteiger partial charge in [0.05, 0.1) is 0 Å². The van der Waals surface area contributed by atoms with Crippen molar-refractivity contribution in [1.82, 2.24) is 0 Å². The Labute approximate surface area is 107 Å². The van der Waals surface area contributed by atoms with E-state index in [-0.39, 0.29) is 12.6 Å². The van der Waals surface area contributed by atoms with Gasteiger partial charge in [-0.25, -0.2) is 8.78 Å². The summed E-state index contributed by atoms with van der Waals surface area (Å²) in [5.74, 6) is 0. The van der Waals surface area contributed by atoms with E-state index in [9.17, 15) is 8.78 Å². The molecular formula is C14H21F2NO. The molecule has 4 heteroatoms. The Kier molecular flexibility index (Phi) is 6.22. The van der Waals surface area contributed by atoms with Crippen LogP contribution in [-0.4, -0.2) is 25.7 Å². The highest BCUT2D eigenvalue weighted by molar-refractivity contribution is 5.29. The molecule has 0 aliphatic heterocycles. The number of nitrogens with two attached hydrogens (primary N) is 1. The van der Waals surface area contributed by atoms with Crippen LogP contribution in [0.25, 0.3) is 0 Å². The van der Waals surface area contributed by atoms with Crippen molar-refractivity contribution >= 4 is 0 Å². The first-order valence-corrected chi connectivity index (χ1v) is 6.16. The van der Waals surface area contributed by atoms with Gasteiger partial charge in [0.15, 0.2) is 0 Å². The van der Waals surface area contributed by atoms with Crippen LogP contribution in [0.4, 0.5) is 8.78 Å². The summed E-state index contributed by atoms with van der Waals surface area (Å²) in [7, 11) is 0. The SMILES string of the molecule is Cc1cc(C)cc(CC(N)CCOCC(F)F)c1. The molecule has 0 aliphatic carbocycles. The highest BCUT2D eigenvalue weighted by Crippen LogP contribution is 2.11. The second-order valence-corrected chi connectivity index (χ2v) is 4.71. The molecule has 0 fully saturated rings. The van der Waals surface area contributed by atoms with Gasteiger partial charge in [-0.15, -0.1) is 0 Å². The summed E-state index contributed by atoms with van der Waals surface area (Å²) in [5, 5.41) is 0. The van der Waals surface area contributed by atoms with E-state index >= 15 is 0 Å². The van der Waals surface area contributed by atoms with Gasteiger partial charge in [0.1, 0.15) is 6.61 Å². The number of rotatable bonds is 7. The standard InChI is InChI=1S/C14H21F2NO/c1-10-5-11(2)7-12(6-10)8-13(17)3-4-18-9-14(15)16/h5-7,13-14H,3-4,8-9,17H2,1-2H3. The van der Waals surface area contributed by atoms with Crippen molar-refractivity contribution in [3.05, 3.63) is 34.9 Å². The Morgan fingerprint density at radius 2 is 1.78 bits per heavy atom. The molecule has 1 aromatic rings. The lowest BCUT2D eigenvalue weighted by Gasteiger charge is -2.13. The molecule has 0 amide bonds. The maximum absolute atomic E-state index is 11.8. The number of halogens is 2. The zero-order valence-corrected chi connectivity index (χ0v) is 11.0. The first-order chi connectivity index (χ1) is 8.47. The molecule has 0 bridgehead atoms. The molecule has 1 unspecified atom stereocenters. The van der Waals surface area contributed by atoms with Crippen molar-refractivity contribution in [3.63, 3.8) is 0 Å². The number of hydrogen-bond donors (Lipinski definition) is 1. The Bertz CT molecular complexity index is 349. The largest absolute Gasteiger partial charge is 0.375 e. The predicted octanol–water partition coefficient (Wildman–Crippen LogP) is 2.85. The van der Waals surface area contributed by atoms with Gasteiger partial charge in [0, 0.05) is 12.6 Å². The maximum atomic E-state index is 11.8. The molecule has 0 aliphatic rings. The van der Waals surface area contributed by atoms with Crippen LogP contribution in [-0.2, 0) is 11.2 Å². The monoisotopic (exact) mass is 257 g/mol. The molecule has 2 N–H and O–H groups in total. The summed E-state index contributed by atoms with van der Waals surface area (Å²) in [4.78, 5) is 0. The summed E-state index contributed by atoms with van der Waals surface area (Å²) in [6, 6.07) is 6.27. The third-order valence-electron chi connectivity index (χ3n) is 2.66. The molecule has 0 heterocycles. The van der Waals surface area contributed by atoms with Crippen LogP contribution < -0.4 is 5.73 Å². The molecule has 0 saturated heterocycles. The van der Waals surface area contributed by atoms with Crippen LogP contribution in [0.15, 0.2) is 18.2 Å². The first kappa shape index (κ1) is 15.1. The average Bonchev–Trinajstić information content (AvgIpc) is 2.22. The Morgan fingerprint density at radius 1 is 1.17 bits per heavy atom. The summed E-state index contributed by atoms with van der Waals surface area (Å²) in [6.45, 7) is 3.88. The lowest BCUT2D eigenvalue weighted by Crippen LogP contribution is -2.25. The third kappa shape index (κ3) is 6.07. The minimum atomic E-state index is -2.40. The lowest BCUT2D eigenvalue weighted by atomic mass is 10.0. The molecule has 0 aromatic heterocycles. The summed E-state index contributed by atoms with van der Waals surface area (Å²) < 4.78 is 28.5. The minimum absolute atomic E-state index is 0.0520. The molecule has 1 atom stereocenters. The fourth-order valence-corrected chi connectivity index (χ4v) is 2.00. The van der Waals surface area contributed by atoms with Crippen molar-refractivity contribution in [3.8, 4) is 0 Å². The molecule has 0 spiro atoms. The minimum Gasteiger partial charge on any atom is -0.375 e. The number of aryl methyl sites for hydroxylation is 2. The number of ether oxygens (including phenoxy) is 1. The van der Waals surface area contributed by atoms with E-state index in [0.29, 0.717) is 6.42 Å².